The molecular weight excluding hydrogens is 688 g/mol. The molecule has 0 bridgehead atoms. The summed E-state index contributed by atoms with van der Waals surface area (Å²) in [5.74, 6) is -0.627. The third-order valence-electron chi connectivity index (χ3n) is 9.00. The van der Waals surface area contributed by atoms with Gasteiger partial charge in [0.15, 0.2) is 34.5 Å². The number of fused-ring (bicyclic) bond motifs is 1. The summed E-state index contributed by atoms with van der Waals surface area (Å²) in [7, 11) is 6.86. The molecule has 1 fully saturated rings. The molecule has 2 aliphatic heterocycles. The van der Waals surface area contributed by atoms with Gasteiger partial charge in [-0.05, 0) is 48.7 Å². The van der Waals surface area contributed by atoms with Crippen LogP contribution in [0.4, 0.5) is 0 Å². The lowest BCUT2D eigenvalue weighted by molar-refractivity contribution is -0.277. The highest BCUT2D eigenvalue weighted by Crippen LogP contribution is 2.53. The quantitative estimate of drug-likeness (QED) is 0.122. The molecule has 3 aromatic carbocycles. The highest BCUT2D eigenvalue weighted by atomic mass is 16.7. The van der Waals surface area contributed by atoms with Crippen molar-refractivity contribution in [2.45, 2.75) is 55.6 Å². The Balaban J connectivity index is 1.37. The molecule has 1 saturated heterocycles. The van der Waals surface area contributed by atoms with Gasteiger partial charge >= 0.3 is 5.97 Å². The maximum Gasteiger partial charge on any atom is 0.338 e. The number of carbonyl (C=O) groups is 1. The van der Waals surface area contributed by atoms with Gasteiger partial charge in [-0.1, -0.05) is 6.07 Å². The summed E-state index contributed by atoms with van der Waals surface area (Å²) in [6, 6.07) is 9.44. The van der Waals surface area contributed by atoms with E-state index >= 15 is 0 Å². The van der Waals surface area contributed by atoms with Crippen LogP contribution in [0.15, 0.2) is 36.4 Å². The number of phenolic OH excluding ortho intramolecular Hbond substituents is 1. The standard InChI is InChI=1S/C36H44O16/c1-44-22-13-19(14-23(45-2)28(22)39)35(43)49-16-27-29(40)30(41)31(42)36(50-27)52-34-25(47-4)11-18(12-26(34)48-5)32-21(15-38)20-9-17(7-6-8-37)10-24(46-3)33(20)51-32/h9-14,21,27,29-32,36-42H,6-8,15-16H2,1-5H3. The Morgan fingerprint density at radius 3 is 1.94 bits per heavy atom. The van der Waals surface area contributed by atoms with Crippen molar-refractivity contribution in [1.82, 2.24) is 0 Å². The second-order valence-corrected chi connectivity index (χ2v) is 12.1. The Kier molecular flexibility index (Phi) is 12.4. The Hall–Kier alpha value is -4.71. The number of aryl methyl sites for hydroxylation is 1. The van der Waals surface area contributed by atoms with E-state index in [0.29, 0.717) is 29.9 Å². The van der Waals surface area contributed by atoms with Crippen molar-refractivity contribution in [2.75, 3.05) is 55.4 Å². The summed E-state index contributed by atoms with van der Waals surface area (Å²) in [6.45, 7) is -0.815. The Morgan fingerprint density at radius 1 is 0.769 bits per heavy atom. The van der Waals surface area contributed by atoms with E-state index in [1.54, 1.807) is 12.1 Å². The maximum atomic E-state index is 12.9. The second-order valence-electron chi connectivity index (χ2n) is 12.1. The van der Waals surface area contributed by atoms with E-state index in [0.717, 1.165) is 11.1 Å². The molecule has 16 nitrogen and oxygen atoms in total. The molecule has 0 aromatic heterocycles. The molecule has 0 saturated carbocycles. The van der Waals surface area contributed by atoms with Crippen molar-refractivity contribution in [2.24, 2.45) is 0 Å². The van der Waals surface area contributed by atoms with Crippen LogP contribution in [0.1, 0.15) is 45.5 Å². The Labute approximate surface area is 299 Å². The van der Waals surface area contributed by atoms with E-state index in [4.69, 9.17) is 42.6 Å². The topological polar surface area (TPSA) is 222 Å². The first-order valence-electron chi connectivity index (χ1n) is 16.4. The summed E-state index contributed by atoms with van der Waals surface area (Å²) in [5.41, 5.74) is 2.15. The number of esters is 1. The van der Waals surface area contributed by atoms with Gasteiger partial charge < -0.3 is 73.3 Å². The average Bonchev–Trinajstić information content (AvgIpc) is 3.54. The third kappa shape index (κ3) is 7.58. The summed E-state index contributed by atoms with van der Waals surface area (Å²) in [5, 5.41) is 62.3. The minimum atomic E-state index is -1.78. The smallest absolute Gasteiger partial charge is 0.338 e. The van der Waals surface area contributed by atoms with Crippen molar-refractivity contribution in [3.05, 3.63) is 58.7 Å². The molecule has 0 spiro atoms. The molecule has 52 heavy (non-hydrogen) atoms. The fraction of sp³-hybridized carbons (Fsp3) is 0.472. The number of ether oxygens (including phenoxy) is 9. The molecule has 2 heterocycles. The summed E-state index contributed by atoms with van der Waals surface area (Å²) < 4.78 is 50.6. The maximum absolute atomic E-state index is 12.9. The van der Waals surface area contributed by atoms with Gasteiger partial charge in [0.25, 0.3) is 0 Å². The fourth-order valence-electron chi connectivity index (χ4n) is 6.23. The van der Waals surface area contributed by atoms with Gasteiger partial charge in [-0.25, -0.2) is 4.79 Å². The lowest BCUT2D eigenvalue weighted by atomic mass is 9.90. The number of aromatic hydroxyl groups is 1. The number of hydrogen-bond donors (Lipinski definition) is 6. The van der Waals surface area contributed by atoms with E-state index in [9.17, 15) is 35.4 Å². The van der Waals surface area contributed by atoms with Crippen molar-refractivity contribution in [3.8, 4) is 46.0 Å². The van der Waals surface area contributed by atoms with E-state index < -0.39 is 55.3 Å². The number of benzene rings is 3. The van der Waals surface area contributed by atoms with Crippen molar-refractivity contribution in [3.63, 3.8) is 0 Å². The molecule has 7 unspecified atom stereocenters. The molecule has 0 aliphatic carbocycles. The first kappa shape index (κ1) is 38.5. The zero-order chi connectivity index (χ0) is 37.7. The highest BCUT2D eigenvalue weighted by Gasteiger charge is 2.46. The minimum absolute atomic E-state index is 0.0274. The summed E-state index contributed by atoms with van der Waals surface area (Å²) in [6.07, 6.45) is -7.75. The summed E-state index contributed by atoms with van der Waals surface area (Å²) in [4.78, 5) is 12.9. The largest absolute Gasteiger partial charge is 0.502 e. The lowest BCUT2D eigenvalue weighted by Gasteiger charge is -2.40. The van der Waals surface area contributed by atoms with Gasteiger partial charge in [-0.2, -0.15) is 0 Å². The van der Waals surface area contributed by atoms with Crippen LogP contribution in [0.5, 0.6) is 46.0 Å². The molecule has 284 valence electrons. The van der Waals surface area contributed by atoms with Crippen LogP contribution in [0.3, 0.4) is 0 Å². The Morgan fingerprint density at radius 2 is 1.38 bits per heavy atom. The molecule has 16 heteroatoms. The number of aliphatic hydroxyl groups is 5. The zero-order valence-corrected chi connectivity index (χ0v) is 29.3. The van der Waals surface area contributed by atoms with Crippen molar-refractivity contribution >= 4 is 5.97 Å². The molecule has 7 atom stereocenters. The van der Waals surface area contributed by atoms with Crippen LogP contribution in [0.2, 0.25) is 0 Å². The number of rotatable bonds is 15. The van der Waals surface area contributed by atoms with E-state index in [-0.39, 0.29) is 53.3 Å². The lowest BCUT2D eigenvalue weighted by Crippen LogP contribution is -2.60. The molecule has 0 radical (unpaired) electrons. The van der Waals surface area contributed by atoms with E-state index in [2.05, 4.69) is 0 Å². The van der Waals surface area contributed by atoms with Crippen LogP contribution in [-0.4, -0.2) is 123 Å². The normalized spacial score (nSPS) is 23.6. The van der Waals surface area contributed by atoms with Gasteiger partial charge in [0.2, 0.25) is 17.8 Å². The third-order valence-corrected chi connectivity index (χ3v) is 9.00. The molecule has 5 rings (SSSR count). The van der Waals surface area contributed by atoms with Crippen LogP contribution in [-0.2, 0) is 15.9 Å². The van der Waals surface area contributed by atoms with Gasteiger partial charge in [0, 0.05) is 17.7 Å². The summed E-state index contributed by atoms with van der Waals surface area (Å²) >= 11 is 0. The molecule has 6 N–H and O–H groups in total. The van der Waals surface area contributed by atoms with Gasteiger partial charge in [0.05, 0.1) is 53.6 Å². The number of phenols is 1. The van der Waals surface area contributed by atoms with Crippen LogP contribution < -0.4 is 33.2 Å². The van der Waals surface area contributed by atoms with Crippen LogP contribution in [0, 0.1) is 0 Å². The van der Waals surface area contributed by atoms with E-state index in [1.165, 1.54) is 47.7 Å². The van der Waals surface area contributed by atoms with Gasteiger partial charge in [-0.15, -0.1) is 0 Å². The van der Waals surface area contributed by atoms with E-state index in [1.807, 2.05) is 12.1 Å². The first-order valence-corrected chi connectivity index (χ1v) is 16.4. The number of carbonyl (C=O) groups excluding carboxylic acids is 1. The van der Waals surface area contributed by atoms with Crippen molar-refractivity contribution in [1.29, 1.82) is 0 Å². The minimum Gasteiger partial charge on any atom is -0.502 e. The van der Waals surface area contributed by atoms with Gasteiger partial charge in [0.1, 0.15) is 37.1 Å². The zero-order valence-electron chi connectivity index (χ0n) is 29.3. The molecule has 3 aromatic rings. The number of aliphatic hydroxyl groups excluding tert-OH is 5. The van der Waals surface area contributed by atoms with Crippen LogP contribution in [0.25, 0.3) is 0 Å². The number of hydrogen-bond acceptors (Lipinski definition) is 16. The van der Waals surface area contributed by atoms with Crippen molar-refractivity contribution < 1.29 is 78.1 Å². The highest BCUT2D eigenvalue weighted by molar-refractivity contribution is 5.91. The predicted octanol–water partition coefficient (Wildman–Crippen LogP) is 1.61. The molecule has 0 amide bonds. The molecule has 2 aliphatic rings. The second kappa shape index (κ2) is 16.8. The SMILES string of the molecule is COc1cc(C(=O)OCC2OC(Oc3c(OC)cc(C4Oc5c(OC)cc(CCCO)cc5C4CO)cc3OC)C(O)C(O)C2O)cc(OC)c1O. The monoisotopic (exact) mass is 732 g/mol. The first-order chi connectivity index (χ1) is 25.0. The Bertz CT molecular complexity index is 1660. The molecular formula is C36H44O16. The van der Waals surface area contributed by atoms with Crippen LogP contribution >= 0.6 is 0 Å². The fourth-order valence-corrected chi connectivity index (χ4v) is 6.23. The van der Waals surface area contributed by atoms with Gasteiger partial charge in [-0.3, -0.25) is 0 Å². The predicted molar refractivity (Wildman–Crippen MR) is 180 cm³/mol. The average molecular weight is 733 g/mol. The number of methoxy groups -OCH3 is 5.